The van der Waals surface area contributed by atoms with Gasteiger partial charge in [-0.05, 0) is 0 Å². The zero-order valence-electron chi connectivity index (χ0n) is 35.4. The van der Waals surface area contributed by atoms with Crippen molar-refractivity contribution in [3.8, 4) is 0 Å². The normalized spacial score (nSPS) is 14.6. The van der Waals surface area contributed by atoms with Crippen LogP contribution in [0.25, 0.3) is 0 Å². The zero-order valence-corrected chi connectivity index (χ0v) is 43.1. The summed E-state index contributed by atoms with van der Waals surface area (Å²) >= 11 is -4.71. The fourth-order valence-corrected chi connectivity index (χ4v) is 69.9. The van der Waals surface area contributed by atoms with Crippen LogP contribution in [-0.2, 0) is 4.12 Å². The Morgan fingerprint density at radius 2 is 0.596 bits per heavy atom. The van der Waals surface area contributed by atoms with Crippen LogP contribution in [0.5, 0.6) is 0 Å². The predicted octanol–water partition coefficient (Wildman–Crippen LogP) is 17.0. The van der Waals surface area contributed by atoms with Crippen LogP contribution in [0.3, 0.4) is 0 Å². The van der Waals surface area contributed by atoms with E-state index in [4.69, 9.17) is 4.12 Å². The fourth-order valence-electron chi connectivity index (χ4n) is 9.70. The number of unbranched alkanes of at least 4 members (excludes halogenated alkanes) is 10. The van der Waals surface area contributed by atoms with Crippen LogP contribution in [-0.4, -0.2) is 53.4 Å². The van der Waals surface area contributed by atoms with Gasteiger partial charge in [-0.2, -0.15) is 0 Å². The van der Waals surface area contributed by atoms with Gasteiger partial charge in [-0.3, -0.25) is 0 Å². The average molecular weight is 909 g/mol. The molecule has 0 aromatic rings. The van der Waals surface area contributed by atoms with Crippen molar-refractivity contribution in [3.05, 3.63) is 0 Å². The molecule has 284 valence electrons. The third kappa shape index (κ3) is 20.7. The van der Waals surface area contributed by atoms with Crippen molar-refractivity contribution < 1.29 is 4.12 Å². The minimum atomic E-state index is -2.35. The molecule has 47 heavy (non-hydrogen) atoms. The van der Waals surface area contributed by atoms with E-state index in [0.717, 1.165) is 7.87 Å². The molecule has 0 saturated heterocycles. The summed E-state index contributed by atoms with van der Waals surface area (Å²) in [6.07, 6.45) is 29.2. The SMILES string of the molecule is CCCCC[CH](C[Si](C)(C)O[Si](C)(C)C[CH](CCCCC)[Sn]([CH2]CCC)([CH2]CCC)[CH2]CCC)[Sn]([CH2]CCC)([CH2]CCC)[CH2]CCC. The van der Waals surface area contributed by atoms with E-state index in [1.165, 1.54) is 128 Å². The third-order valence-electron chi connectivity index (χ3n) is 12.2. The van der Waals surface area contributed by atoms with Crippen LogP contribution in [0.1, 0.15) is 184 Å². The number of hydrogen-bond donors (Lipinski definition) is 0. The predicted molar refractivity (Wildman–Crippen MR) is 231 cm³/mol. The molecular weight excluding hydrogens is 814 g/mol. The molecule has 0 aromatic heterocycles. The van der Waals surface area contributed by atoms with Crippen LogP contribution in [0.4, 0.5) is 0 Å². The maximum absolute atomic E-state index is 7.86. The average Bonchev–Trinajstić information content (AvgIpc) is 3.03. The topological polar surface area (TPSA) is 9.23 Å². The first kappa shape index (κ1) is 49.0. The van der Waals surface area contributed by atoms with E-state index in [0.29, 0.717) is 0 Å². The summed E-state index contributed by atoms with van der Waals surface area (Å²) in [4.78, 5) is 0. The Bertz CT molecular complexity index is 611. The summed E-state index contributed by atoms with van der Waals surface area (Å²) < 4.78 is 20.1. The van der Waals surface area contributed by atoms with E-state index < -0.39 is 53.4 Å². The van der Waals surface area contributed by atoms with E-state index in [-0.39, 0.29) is 0 Å². The molecule has 0 aliphatic heterocycles. The molecule has 0 heterocycles. The van der Waals surface area contributed by atoms with Crippen molar-refractivity contribution in [2.45, 2.75) is 257 Å². The molecule has 0 radical (unpaired) electrons. The third-order valence-corrected chi connectivity index (χ3v) is 57.8. The molecule has 0 saturated carbocycles. The molecule has 0 rings (SSSR count). The zero-order chi connectivity index (χ0) is 35.7. The monoisotopic (exact) mass is 910 g/mol. The van der Waals surface area contributed by atoms with Gasteiger partial charge in [0, 0.05) is 0 Å². The van der Waals surface area contributed by atoms with Crippen LogP contribution in [0.15, 0.2) is 0 Å². The van der Waals surface area contributed by atoms with Gasteiger partial charge < -0.3 is 0 Å². The first-order chi connectivity index (χ1) is 22.4. The van der Waals surface area contributed by atoms with E-state index in [1.54, 1.807) is 39.5 Å². The summed E-state index contributed by atoms with van der Waals surface area (Å²) in [6, 6.07) is 3.02. The molecule has 0 aromatic carbocycles. The van der Waals surface area contributed by atoms with Gasteiger partial charge in [0.25, 0.3) is 0 Å². The Labute approximate surface area is 311 Å². The fraction of sp³-hybridized carbons (Fsp3) is 1.00. The van der Waals surface area contributed by atoms with Crippen molar-refractivity contribution in [1.82, 2.24) is 0 Å². The molecule has 0 spiro atoms. The van der Waals surface area contributed by atoms with Crippen LogP contribution < -0.4 is 0 Å². The minimum absolute atomic E-state index is 1.07. The van der Waals surface area contributed by atoms with Gasteiger partial charge in [-0.1, -0.05) is 0 Å². The Balaban J connectivity index is 6.55. The Kier molecular flexibility index (Phi) is 29.7. The van der Waals surface area contributed by atoms with Crippen molar-refractivity contribution in [1.29, 1.82) is 0 Å². The summed E-state index contributed by atoms with van der Waals surface area (Å²) in [5.74, 6) is 0. The van der Waals surface area contributed by atoms with Crippen molar-refractivity contribution in [3.63, 3.8) is 0 Å². The van der Waals surface area contributed by atoms with Gasteiger partial charge in [0.05, 0.1) is 0 Å². The first-order valence-electron chi connectivity index (χ1n) is 22.1. The van der Waals surface area contributed by atoms with Crippen molar-refractivity contribution >= 4 is 53.4 Å². The second-order valence-corrected chi connectivity index (χ2v) is 55.2. The molecule has 0 amide bonds. The number of hydrogen-bond acceptors (Lipinski definition) is 1. The second-order valence-electron chi connectivity index (χ2n) is 17.8. The van der Waals surface area contributed by atoms with E-state index in [2.05, 4.69) is 81.6 Å². The van der Waals surface area contributed by atoms with E-state index in [1.807, 2.05) is 0 Å². The summed E-state index contributed by atoms with van der Waals surface area (Å²) in [7, 11) is -3.58. The molecule has 0 bridgehead atoms. The molecular formula is C42H94OSi2Sn2. The van der Waals surface area contributed by atoms with Crippen LogP contribution in [0.2, 0.25) is 72.8 Å². The van der Waals surface area contributed by atoms with Gasteiger partial charge in [0.15, 0.2) is 0 Å². The summed E-state index contributed by atoms with van der Waals surface area (Å²) in [5.41, 5.74) is 0. The van der Waals surface area contributed by atoms with E-state index in [9.17, 15) is 0 Å². The van der Waals surface area contributed by atoms with Gasteiger partial charge in [-0.25, -0.2) is 0 Å². The second kappa shape index (κ2) is 28.5. The Morgan fingerprint density at radius 1 is 0.362 bits per heavy atom. The van der Waals surface area contributed by atoms with Crippen molar-refractivity contribution in [2.24, 2.45) is 0 Å². The molecule has 0 fully saturated rings. The first-order valence-corrected chi connectivity index (χ1v) is 43.7. The van der Waals surface area contributed by atoms with Crippen LogP contribution >= 0.6 is 0 Å². The standard InChI is InChI=1S/C18H40OSi2.6C4H9.2Sn/c1-7-9-11-13-15-17-20(3,4)19-21(5,6)18-16-14-12-10-8-2;6*1-3-4-2;;/h15-16H,7-14,17-18H2,1-6H3;6*1,3-4H2,2H3;;. The molecule has 0 N–H and O–H groups in total. The molecule has 0 aliphatic rings. The van der Waals surface area contributed by atoms with Gasteiger partial charge in [-0.15, -0.1) is 0 Å². The molecule has 0 aliphatic carbocycles. The summed E-state index contributed by atoms with van der Waals surface area (Å²) in [5, 5.41) is 0. The Hall–Kier alpha value is 1.99. The van der Waals surface area contributed by atoms with Crippen molar-refractivity contribution in [2.75, 3.05) is 0 Å². The molecule has 1 nitrogen and oxygen atoms in total. The van der Waals surface area contributed by atoms with E-state index >= 15 is 0 Å². The molecule has 5 heteroatoms. The number of rotatable bonds is 34. The molecule has 2 unspecified atom stereocenters. The maximum atomic E-state index is 7.86. The van der Waals surface area contributed by atoms with Crippen LogP contribution in [0, 0.1) is 0 Å². The van der Waals surface area contributed by atoms with Gasteiger partial charge in [0.2, 0.25) is 0 Å². The Morgan fingerprint density at radius 3 is 0.809 bits per heavy atom. The van der Waals surface area contributed by atoms with Gasteiger partial charge in [0.1, 0.15) is 0 Å². The quantitative estimate of drug-likeness (QED) is 0.0462. The summed E-state index contributed by atoms with van der Waals surface area (Å²) in [6.45, 7) is 30.4. The van der Waals surface area contributed by atoms with Gasteiger partial charge >= 0.3 is 314 Å². The molecule has 2 atom stereocenters.